The fourth-order valence-electron chi connectivity index (χ4n) is 3.36. The van der Waals surface area contributed by atoms with Crippen molar-refractivity contribution in [1.29, 1.82) is 0 Å². The van der Waals surface area contributed by atoms with E-state index in [1.54, 1.807) is 18.3 Å². The van der Waals surface area contributed by atoms with E-state index in [1.165, 1.54) is 12.1 Å². The van der Waals surface area contributed by atoms with Gasteiger partial charge in [-0.05, 0) is 49.1 Å². The lowest BCUT2D eigenvalue weighted by molar-refractivity contribution is -0.131. The summed E-state index contributed by atoms with van der Waals surface area (Å²) in [6, 6.07) is 8.32. The van der Waals surface area contributed by atoms with Gasteiger partial charge in [0.2, 0.25) is 12.3 Å². The van der Waals surface area contributed by atoms with Crippen LogP contribution < -0.4 is 5.32 Å². The van der Waals surface area contributed by atoms with Gasteiger partial charge in [0.1, 0.15) is 5.82 Å². The molecule has 0 bridgehead atoms. The third kappa shape index (κ3) is 4.07. The molecule has 1 aliphatic heterocycles. The van der Waals surface area contributed by atoms with Crippen molar-refractivity contribution in [2.24, 2.45) is 0 Å². The van der Waals surface area contributed by atoms with Crippen LogP contribution >= 0.6 is 0 Å². The molecule has 1 fully saturated rings. The topological polar surface area (TPSA) is 62.3 Å². The number of benzene rings is 1. The number of hydrogen-bond acceptors (Lipinski definition) is 3. The van der Waals surface area contributed by atoms with Crippen LogP contribution in [0.5, 0.6) is 0 Å². The smallest absolute Gasteiger partial charge is 0.227 e. The highest BCUT2D eigenvalue weighted by Gasteiger charge is 2.25. The zero-order chi connectivity index (χ0) is 18.5. The number of hydrogen-bond donors (Lipinski definition) is 1. The van der Waals surface area contributed by atoms with Crippen molar-refractivity contribution in [2.75, 3.05) is 6.54 Å². The van der Waals surface area contributed by atoms with Crippen LogP contribution in [0, 0.1) is 5.82 Å². The zero-order valence-electron chi connectivity index (χ0n) is 14.7. The Morgan fingerprint density at radius 1 is 1.35 bits per heavy atom. The first kappa shape index (κ1) is 18.0. The second kappa shape index (κ2) is 8.08. The lowest BCUT2D eigenvalue weighted by Gasteiger charge is -2.22. The number of carbonyl (C=O) groups excluding carboxylic acids is 2. The summed E-state index contributed by atoms with van der Waals surface area (Å²) in [6.45, 7) is 3.12. The van der Waals surface area contributed by atoms with E-state index in [9.17, 15) is 14.0 Å². The maximum atomic E-state index is 13.2. The number of pyridine rings is 1. The maximum absolute atomic E-state index is 13.2. The van der Waals surface area contributed by atoms with E-state index in [4.69, 9.17) is 0 Å². The molecule has 0 saturated carbocycles. The SMILES string of the molecule is CC1CCCN1C(=O)Cc1cc(-c2ccc(F)cc2)cnc1CNC=O. The molecule has 3 rings (SSSR count). The van der Waals surface area contributed by atoms with E-state index in [-0.39, 0.29) is 30.7 Å². The Kier molecular flexibility index (Phi) is 5.61. The Morgan fingerprint density at radius 2 is 2.12 bits per heavy atom. The molecule has 1 atom stereocenters. The fourth-order valence-corrected chi connectivity index (χ4v) is 3.36. The van der Waals surface area contributed by atoms with Crippen LogP contribution in [0.1, 0.15) is 31.0 Å². The van der Waals surface area contributed by atoms with Crippen LogP contribution in [-0.2, 0) is 22.6 Å². The van der Waals surface area contributed by atoms with Crippen molar-refractivity contribution >= 4 is 12.3 Å². The van der Waals surface area contributed by atoms with Gasteiger partial charge in [0.15, 0.2) is 0 Å². The molecule has 1 saturated heterocycles. The molecule has 6 heteroatoms. The van der Waals surface area contributed by atoms with Gasteiger partial charge in [-0.25, -0.2) is 4.39 Å². The number of halogens is 1. The lowest BCUT2D eigenvalue weighted by atomic mass is 10.0. The van der Waals surface area contributed by atoms with Gasteiger partial charge in [-0.15, -0.1) is 0 Å². The number of amides is 2. The number of nitrogens with one attached hydrogen (secondary N) is 1. The third-order valence-electron chi connectivity index (χ3n) is 4.81. The molecular formula is C20H22FN3O2. The molecule has 2 heterocycles. The molecule has 2 aromatic rings. The van der Waals surface area contributed by atoms with Crippen LogP contribution in [0.4, 0.5) is 4.39 Å². The molecule has 1 aliphatic rings. The molecule has 1 unspecified atom stereocenters. The quantitative estimate of drug-likeness (QED) is 0.811. The summed E-state index contributed by atoms with van der Waals surface area (Å²) < 4.78 is 13.2. The second-order valence-electron chi connectivity index (χ2n) is 6.59. The zero-order valence-corrected chi connectivity index (χ0v) is 14.7. The van der Waals surface area contributed by atoms with Crippen LogP contribution in [0.3, 0.4) is 0 Å². The average molecular weight is 355 g/mol. The monoisotopic (exact) mass is 355 g/mol. The standard InChI is InChI=1S/C20H22FN3O2/c1-14-3-2-8-24(14)20(26)10-16-9-17(11-23-19(16)12-22-13-25)15-4-6-18(21)7-5-15/h4-7,9,11,13-14H,2-3,8,10,12H2,1H3,(H,22,25). The minimum absolute atomic E-state index is 0.0698. The Hall–Kier alpha value is -2.76. The summed E-state index contributed by atoms with van der Waals surface area (Å²) in [5.74, 6) is -0.229. The largest absolute Gasteiger partial charge is 0.353 e. The molecule has 1 aromatic carbocycles. The molecular weight excluding hydrogens is 333 g/mol. The predicted molar refractivity (Wildman–Crippen MR) is 96.6 cm³/mol. The fraction of sp³-hybridized carbons (Fsp3) is 0.350. The summed E-state index contributed by atoms with van der Waals surface area (Å²) in [7, 11) is 0. The number of likely N-dealkylation sites (tertiary alicyclic amines) is 1. The Labute approximate surface area is 152 Å². The predicted octanol–water partition coefficient (Wildman–Crippen LogP) is 2.69. The normalized spacial score (nSPS) is 16.5. The van der Waals surface area contributed by atoms with E-state index in [0.717, 1.165) is 36.1 Å². The molecule has 0 aliphatic carbocycles. The molecule has 26 heavy (non-hydrogen) atoms. The highest BCUT2D eigenvalue weighted by Crippen LogP contribution is 2.23. The van der Waals surface area contributed by atoms with Crippen LogP contribution in [0.2, 0.25) is 0 Å². The van der Waals surface area contributed by atoms with Gasteiger partial charge < -0.3 is 10.2 Å². The van der Waals surface area contributed by atoms with Gasteiger partial charge in [-0.2, -0.15) is 0 Å². The average Bonchev–Trinajstić information content (AvgIpc) is 3.07. The Bertz CT molecular complexity index is 792. The number of carbonyl (C=O) groups is 2. The molecule has 0 spiro atoms. The van der Waals surface area contributed by atoms with Gasteiger partial charge in [0.25, 0.3) is 0 Å². The van der Waals surface area contributed by atoms with Crippen molar-refractivity contribution in [2.45, 2.75) is 38.8 Å². The van der Waals surface area contributed by atoms with Crippen LogP contribution in [-0.4, -0.2) is 34.8 Å². The second-order valence-corrected chi connectivity index (χ2v) is 6.59. The maximum Gasteiger partial charge on any atom is 0.227 e. The Balaban J connectivity index is 1.88. The summed E-state index contributed by atoms with van der Waals surface area (Å²) in [5, 5.41) is 2.61. The lowest BCUT2D eigenvalue weighted by Crippen LogP contribution is -2.35. The number of nitrogens with zero attached hydrogens (tertiary/aromatic N) is 2. The van der Waals surface area contributed by atoms with Gasteiger partial charge in [0.05, 0.1) is 18.7 Å². The summed E-state index contributed by atoms with van der Waals surface area (Å²) >= 11 is 0. The van der Waals surface area contributed by atoms with Gasteiger partial charge in [-0.1, -0.05) is 12.1 Å². The van der Waals surface area contributed by atoms with E-state index in [1.807, 2.05) is 11.0 Å². The molecule has 136 valence electrons. The summed E-state index contributed by atoms with van der Waals surface area (Å²) in [4.78, 5) is 29.7. The van der Waals surface area contributed by atoms with Gasteiger partial charge >= 0.3 is 0 Å². The molecule has 1 N–H and O–H groups in total. The number of rotatable bonds is 6. The highest BCUT2D eigenvalue weighted by molar-refractivity contribution is 5.80. The first-order valence-electron chi connectivity index (χ1n) is 8.78. The van der Waals surface area contributed by atoms with Crippen molar-refractivity contribution in [3.05, 3.63) is 53.6 Å². The van der Waals surface area contributed by atoms with Gasteiger partial charge in [-0.3, -0.25) is 14.6 Å². The summed E-state index contributed by atoms with van der Waals surface area (Å²) in [5.41, 5.74) is 3.10. The first-order valence-corrected chi connectivity index (χ1v) is 8.78. The van der Waals surface area contributed by atoms with E-state index in [0.29, 0.717) is 12.1 Å². The number of aromatic nitrogens is 1. The Morgan fingerprint density at radius 3 is 2.77 bits per heavy atom. The minimum Gasteiger partial charge on any atom is -0.353 e. The van der Waals surface area contributed by atoms with Crippen LogP contribution in [0.15, 0.2) is 36.5 Å². The molecule has 1 aromatic heterocycles. The van der Waals surface area contributed by atoms with Gasteiger partial charge in [0, 0.05) is 24.3 Å². The molecule has 2 amide bonds. The van der Waals surface area contributed by atoms with Crippen molar-refractivity contribution in [3.8, 4) is 11.1 Å². The van der Waals surface area contributed by atoms with Crippen molar-refractivity contribution in [1.82, 2.24) is 15.2 Å². The van der Waals surface area contributed by atoms with E-state index in [2.05, 4.69) is 17.2 Å². The molecule has 5 nitrogen and oxygen atoms in total. The minimum atomic E-state index is -0.299. The molecule has 0 radical (unpaired) electrons. The third-order valence-corrected chi connectivity index (χ3v) is 4.81. The highest BCUT2D eigenvalue weighted by atomic mass is 19.1. The van der Waals surface area contributed by atoms with Crippen LogP contribution in [0.25, 0.3) is 11.1 Å². The van der Waals surface area contributed by atoms with Crippen molar-refractivity contribution in [3.63, 3.8) is 0 Å². The summed E-state index contributed by atoms with van der Waals surface area (Å²) in [6.07, 6.45) is 4.59. The van der Waals surface area contributed by atoms with E-state index >= 15 is 0 Å². The van der Waals surface area contributed by atoms with Crippen molar-refractivity contribution < 1.29 is 14.0 Å². The first-order chi connectivity index (χ1) is 12.6. The van der Waals surface area contributed by atoms with E-state index < -0.39 is 0 Å².